The van der Waals surface area contributed by atoms with E-state index in [2.05, 4.69) is 21.2 Å². The first-order chi connectivity index (χ1) is 17.3. The van der Waals surface area contributed by atoms with E-state index < -0.39 is 10.8 Å². The number of nitrogens with zero attached hydrogens (tertiary/aromatic N) is 2. The van der Waals surface area contributed by atoms with Crippen LogP contribution in [0.4, 0.5) is 5.69 Å². The van der Waals surface area contributed by atoms with E-state index in [0.29, 0.717) is 27.3 Å². The van der Waals surface area contributed by atoms with Gasteiger partial charge in [0.05, 0.1) is 23.6 Å². The summed E-state index contributed by atoms with van der Waals surface area (Å²) in [7, 11) is 3.05. The Bertz CT molecular complexity index is 1320. The number of ether oxygens (including phenoxy) is 3. The van der Waals surface area contributed by atoms with Crippen molar-refractivity contribution >= 4 is 33.6 Å². The molecule has 0 heterocycles. The molecule has 0 radical (unpaired) electrons. The van der Waals surface area contributed by atoms with E-state index in [0.717, 1.165) is 11.1 Å². The van der Waals surface area contributed by atoms with Crippen LogP contribution in [0.15, 0.2) is 70.7 Å². The zero-order valence-corrected chi connectivity index (χ0v) is 21.1. The number of rotatable bonds is 10. The van der Waals surface area contributed by atoms with Crippen molar-refractivity contribution in [2.75, 3.05) is 14.2 Å². The number of benzene rings is 3. The molecule has 3 aromatic carbocycles. The molecule has 36 heavy (non-hydrogen) atoms. The lowest BCUT2D eigenvalue weighted by atomic mass is 10.1. The first-order valence-corrected chi connectivity index (χ1v) is 11.4. The molecule has 0 fully saturated rings. The Balaban J connectivity index is 1.72. The standard InChI is InChI=1S/C26H22BrN3O6/c1-34-22-9-5-17(6-10-22)15-29-26(31)20(14-28)11-19-12-23(27)25(24(13-19)35-2)36-16-18-3-7-21(8-4-18)30(32)33/h3-13H,15-16H2,1-2H3,(H,29,31)/b20-11-. The molecule has 0 saturated heterocycles. The number of methoxy groups -OCH3 is 2. The van der Waals surface area contributed by atoms with Gasteiger partial charge in [0.25, 0.3) is 11.6 Å². The normalized spacial score (nSPS) is 10.8. The number of hydrogen-bond donors (Lipinski definition) is 1. The number of halogens is 1. The molecule has 1 amide bonds. The molecule has 184 valence electrons. The van der Waals surface area contributed by atoms with Crippen LogP contribution in [0.1, 0.15) is 16.7 Å². The van der Waals surface area contributed by atoms with Gasteiger partial charge in [0.1, 0.15) is 24.0 Å². The predicted molar refractivity (Wildman–Crippen MR) is 137 cm³/mol. The first-order valence-electron chi connectivity index (χ1n) is 10.6. The second-order valence-electron chi connectivity index (χ2n) is 7.45. The summed E-state index contributed by atoms with van der Waals surface area (Å²) in [6.07, 6.45) is 1.46. The fourth-order valence-electron chi connectivity index (χ4n) is 3.17. The van der Waals surface area contributed by atoms with E-state index in [9.17, 15) is 20.2 Å². The Hall–Kier alpha value is -4.36. The van der Waals surface area contributed by atoms with Crippen molar-refractivity contribution in [3.8, 4) is 23.3 Å². The van der Waals surface area contributed by atoms with Gasteiger partial charge in [-0.3, -0.25) is 14.9 Å². The molecular weight excluding hydrogens is 530 g/mol. The van der Waals surface area contributed by atoms with Crippen molar-refractivity contribution in [2.24, 2.45) is 0 Å². The van der Waals surface area contributed by atoms with Gasteiger partial charge in [-0.05, 0) is 75.1 Å². The highest BCUT2D eigenvalue weighted by Crippen LogP contribution is 2.38. The maximum atomic E-state index is 12.6. The molecule has 3 rings (SSSR count). The van der Waals surface area contributed by atoms with Gasteiger partial charge in [0.15, 0.2) is 11.5 Å². The highest BCUT2D eigenvalue weighted by atomic mass is 79.9. The topological polar surface area (TPSA) is 124 Å². The Kier molecular flexibility index (Phi) is 9.02. The van der Waals surface area contributed by atoms with Crippen molar-refractivity contribution in [1.82, 2.24) is 5.32 Å². The number of nitriles is 1. The van der Waals surface area contributed by atoms with Crippen molar-refractivity contribution in [3.63, 3.8) is 0 Å². The van der Waals surface area contributed by atoms with E-state index in [4.69, 9.17) is 14.2 Å². The largest absolute Gasteiger partial charge is 0.497 e. The average molecular weight is 552 g/mol. The monoisotopic (exact) mass is 551 g/mol. The third-order valence-electron chi connectivity index (χ3n) is 5.07. The molecule has 0 bridgehead atoms. The lowest BCUT2D eigenvalue weighted by Crippen LogP contribution is -2.23. The summed E-state index contributed by atoms with van der Waals surface area (Å²) in [5.41, 5.74) is 2.07. The van der Waals surface area contributed by atoms with Gasteiger partial charge < -0.3 is 19.5 Å². The molecule has 10 heteroatoms. The smallest absolute Gasteiger partial charge is 0.269 e. The summed E-state index contributed by atoms with van der Waals surface area (Å²) >= 11 is 3.45. The molecule has 0 atom stereocenters. The van der Waals surface area contributed by atoms with E-state index in [1.807, 2.05) is 18.2 Å². The van der Waals surface area contributed by atoms with Crippen LogP contribution < -0.4 is 19.5 Å². The number of nitrogens with one attached hydrogen (secondary N) is 1. The minimum atomic E-state index is -0.512. The van der Waals surface area contributed by atoms with Gasteiger partial charge in [-0.2, -0.15) is 5.26 Å². The van der Waals surface area contributed by atoms with E-state index in [-0.39, 0.29) is 24.4 Å². The number of nitro benzene ring substituents is 1. The number of carbonyl (C=O) groups is 1. The molecule has 1 N–H and O–H groups in total. The predicted octanol–water partition coefficient (Wildman–Crippen LogP) is 5.18. The zero-order valence-electron chi connectivity index (χ0n) is 19.5. The lowest BCUT2D eigenvalue weighted by molar-refractivity contribution is -0.384. The minimum absolute atomic E-state index is 0.00464. The van der Waals surface area contributed by atoms with Gasteiger partial charge in [-0.15, -0.1) is 0 Å². The summed E-state index contributed by atoms with van der Waals surface area (Å²) in [4.78, 5) is 22.9. The van der Waals surface area contributed by atoms with Crippen LogP contribution >= 0.6 is 15.9 Å². The summed E-state index contributed by atoms with van der Waals surface area (Å²) in [6, 6.07) is 18.5. The molecule has 0 spiro atoms. The molecule has 0 aromatic heterocycles. The highest BCUT2D eigenvalue weighted by Gasteiger charge is 2.14. The molecular formula is C26H22BrN3O6. The van der Waals surface area contributed by atoms with Crippen LogP contribution in [0.5, 0.6) is 17.2 Å². The molecule has 0 aliphatic carbocycles. The molecule has 0 unspecified atom stereocenters. The van der Waals surface area contributed by atoms with Crippen molar-refractivity contribution in [2.45, 2.75) is 13.2 Å². The second kappa shape index (κ2) is 12.4. The third-order valence-corrected chi connectivity index (χ3v) is 5.66. The SMILES string of the molecule is COc1ccc(CNC(=O)/C(C#N)=C\c2cc(Br)c(OCc3ccc([N+](=O)[O-])cc3)c(OC)c2)cc1. The molecule has 0 saturated carbocycles. The first kappa shape index (κ1) is 26.2. The van der Waals surface area contributed by atoms with Crippen LogP contribution in [0.3, 0.4) is 0 Å². The lowest BCUT2D eigenvalue weighted by Gasteiger charge is -2.14. The number of non-ortho nitro benzene ring substituents is 1. The summed E-state index contributed by atoms with van der Waals surface area (Å²) in [5, 5.41) is 23.1. The second-order valence-corrected chi connectivity index (χ2v) is 8.30. The number of hydrogen-bond acceptors (Lipinski definition) is 7. The van der Waals surface area contributed by atoms with Crippen LogP contribution in [0.2, 0.25) is 0 Å². The van der Waals surface area contributed by atoms with Gasteiger partial charge in [-0.1, -0.05) is 12.1 Å². The number of amides is 1. The summed E-state index contributed by atoms with van der Waals surface area (Å²) in [6.45, 7) is 0.406. The minimum Gasteiger partial charge on any atom is -0.497 e. The Morgan fingerprint density at radius 1 is 1.08 bits per heavy atom. The van der Waals surface area contributed by atoms with Crippen molar-refractivity contribution in [3.05, 3.63) is 97.5 Å². The quantitative estimate of drug-likeness (QED) is 0.159. The van der Waals surface area contributed by atoms with E-state index >= 15 is 0 Å². The molecule has 0 aliphatic rings. The van der Waals surface area contributed by atoms with Gasteiger partial charge in [0, 0.05) is 18.7 Å². The Morgan fingerprint density at radius 2 is 1.75 bits per heavy atom. The zero-order chi connectivity index (χ0) is 26.1. The van der Waals surface area contributed by atoms with Crippen LogP contribution in [-0.2, 0) is 17.9 Å². The van der Waals surface area contributed by atoms with Crippen molar-refractivity contribution in [1.29, 1.82) is 5.26 Å². The fraction of sp³-hybridized carbons (Fsp3) is 0.154. The Labute approximate surface area is 216 Å². The maximum Gasteiger partial charge on any atom is 0.269 e. The van der Waals surface area contributed by atoms with Gasteiger partial charge in [-0.25, -0.2) is 0 Å². The van der Waals surface area contributed by atoms with Crippen molar-refractivity contribution < 1.29 is 23.9 Å². The van der Waals surface area contributed by atoms with E-state index in [1.165, 1.54) is 25.3 Å². The molecule has 9 nitrogen and oxygen atoms in total. The number of carbonyl (C=O) groups excluding carboxylic acids is 1. The van der Waals surface area contributed by atoms with Crippen LogP contribution in [0.25, 0.3) is 6.08 Å². The maximum absolute atomic E-state index is 12.6. The number of nitro groups is 1. The molecule has 3 aromatic rings. The fourth-order valence-corrected chi connectivity index (χ4v) is 3.74. The average Bonchev–Trinajstić information content (AvgIpc) is 2.89. The summed E-state index contributed by atoms with van der Waals surface area (Å²) in [5.74, 6) is 0.994. The Morgan fingerprint density at radius 3 is 2.33 bits per heavy atom. The third kappa shape index (κ3) is 6.84. The van der Waals surface area contributed by atoms with Crippen LogP contribution in [-0.4, -0.2) is 25.1 Å². The van der Waals surface area contributed by atoms with Crippen LogP contribution in [0, 0.1) is 21.4 Å². The summed E-state index contributed by atoms with van der Waals surface area (Å²) < 4.78 is 17.0. The molecule has 0 aliphatic heterocycles. The van der Waals surface area contributed by atoms with E-state index in [1.54, 1.807) is 43.5 Å². The highest BCUT2D eigenvalue weighted by molar-refractivity contribution is 9.10. The van der Waals surface area contributed by atoms with Gasteiger partial charge in [0.2, 0.25) is 0 Å². The van der Waals surface area contributed by atoms with Gasteiger partial charge >= 0.3 is 0 Å².